The Morgan fingerprint density at radius 1 is 1.33 bits per heavy atom. The fourth-order valence-electron chi connectivity index (χ4n) is 2.41. The van der Waals surface area contributed by atoms with Crippen molar-refractivity contribution in [3.63, 3.8) is 0 Å². The maximum Gasteiger partial charge on any atom is 0.398 e. The number of hydrogen-bond acceptors (Lipinski definition) is 2. The highest BCUT2D eigenvalue weighted by Gasteiger charge is 2.65. The molecule has 1 aliphatic rings. The monoisotopic (exact) mass is 308 g/mol. The molecule has 0 aromatic heterocycles. The van der Waals surface area contributed by atoms with Crippen LogP contribution in [-0.4, -0.2) is 18.8 Å². The van der Waals surface area contributed by atoms with Gasteiger partial charge < -0.3 is 4.74 Å². The molecule has 116 valence electrons. The van der Waals surface area contributed by atoms with E-state index in [4.69, 9.17) is 0 Å². The van der Waals surface area contributed by atoms with Crippen LogP contribution < -0.4 is 0 Å². The van der Waals surface area contributed by atoms with Gasteiger partial charge in [0.1, 0.15) is 0 Å². The molecule has 21 heavy (non-hydrogen) atoms. The zero-order chi connectivity index (χ0) is 15.8. The summed E-state index contributed by atoms with van der Waals surface area (Å²) >= 11 is 0. The quantitative estimate of drug-likeness (QED) is 0.609. The predicted octanol–water partition coefficient (Wildman–Crippen LogP) is 4.39. The number of hydrogen-bond donors (Lipinski definition) is 0. The molecule has 1 fully saturated rings. The van der Waals surface area contributed by atoms with Crippen molar-refractivity contribution in [3.05, 3.63) is 34.9 Å². The smallest absolute Gasteiger partial charge is 0.398 e. The molecule has 0 bridgehead atoms. The molecule has 1 saturated carbocycles. The Balaban J connectivity index is 2.62. The Kier molecular flexibility index (Phi) is 3.95. The van der Waals surface area contributed by atoms with Crippen molar-refractivity contribution >= 4 is 5.97 Å². The largest absolute Gasteiger partial charge is 0.462 e. The summed E-state index contributed by atoms with van der Waals surface area (Å²) in [5.74, 6) is -1.14. The van der Waals surface area contributed by atoms with E-state index >= 15 is 0 Å². The van der Waals surface area contributed by atoms with Gasteiger partial charge in [-0.1, -0.05) is 18.2 Å². The van der Waals surface area contributed by atoms with Gasteiger partial charge in [-0.2, -0.15) is 13.2 Å². The third kappa shape index (κ3) is 2.61. The predicted molar refractivity (Wildman–Crippen MR) is 64.3 cm³/mol. The van der Waals surface area contributed by atoms with Gasteiger partial charge in [-0.3, -0.25) is 0 Å². The number of ether oxygens (including phenoxy) is 1. The van der Waals surface area contributed by atoms with Crippen LogP contribution in [0.3, 0.4) is 0 Å². The molecule has 2 rings (SSSR count). The minimum atomic E-state index is -4.59. The summed E-state index contributed by atoms with van der Waals surface area (Å²) in [5.41, 5.74) is -3.99. The standard InChI is InChI=1S/C14H13F5O2/c1-2-21-12(20)10-8(11(15)16)4-3-5-9(10)13(6-7-13)14(17,18)19/h3-5,11H,2,6-7H2,1H3. The van der Waals surface area contributed by atoms with E-state index in [9.17, 15) is 26.7 Å². The lowest BCUT2D eigenvalue weighted by Crippen LogP contribution is -2.31. The van der Waals surface area contributed by atoms with E-state index in [-0.39, 0.29) is 19.4 Å². The summed E-state index contributed by atoms with van der Waals surface area (Å²) < 4.78 is 70.3. The highest BCUT2D eigenvalue weighted by molar-refractivity contribution is 5.93. The van der Waals surface area contributed by atoms with Crippen LogP contribution in [0.5, 0.6) is 0 Å². The van der Waals surface area contributed by atoms with E-state index in [1.54, 1.807) is 0 Å². The summed E-state index contributed by atoms with van der Waals surface area (Å²) in [5, 5.41) is 0. The molecular weight excluding hydrogens is 295 g/mol. The molecule has 0 saturated heterocycles. The van der Waals surface area contributed by atoms with Gasteiger partial charge >= 0.3 is 12.1 Å². The summed E-state index contributed by atoms with van der Waals surface area (Å²) in [6.07, 6.45) is -8.06. The zero-order valence-electron chi connectivity index (χ0n) is 11.1. The fraction of sp³-hybridized carbons (Fsp3) is 0.500. The molecule has 0 atom stereocenters. The second-order valence-corrected chi connectivity index (χ2v) is 4.87. The maximum atomic E-state index is 13.2. The molecule has 0 amide bonds. The van der Waals surface area contributed by atoms with Crippen molar-refractivity contribution in [1.82, 2.24) is 0 Å². The third-order valence-electron chi connectivity index (χ3n) is 3.62. The Morgan fingerprint density at radius 3 is 2.38 bits per heavy atom. The minimum Gasteiger partial charge on any atom is -0.462 e. The van der Waals surface area contributed by atoms with Gasteiger partial charge in [0.2, 0.25) is 0 Å². The second-order valence-electron chi connectivity index (χ2n) is 4.87. The Morgan fingerprint density at radius 2 is 1.95 bits per heavy atom. The molecule has 1 aromatic carbocycles. The Labute approximate surface area is 117 Å². The van der Waals surface area contributed by atoms with Crippen LogP contribution >= 0.6 is 0 Å². The molecule has 0 aliphatic heterocycles. The number of benzene rings is 1. The van der Waals surface area contributed by atoms with Gasteiger partial charge in [0.25, 0.3) is 6.43 Å². The van der Waals surface area contributed by atoms with E-state index in [0.717, 1.165) is 18.2 Å². The van der Waals surface area contributed by atoms with Crippen LogP contribution in [-0.2, 0) is 10.2 Å². The van der Waals surface area contributed by atoms with Gasteiger partial charge in [-0.25, -0.2) is 13.6 Å². The number of rotatable bonds is 4. The average molecular weight is 308 g/mol. The fourth-order valence-corrected chi connectivity index (χ4v) is 2.41. The van der Waals surface area contributed by atoms with Crippen molar-refractivity contribution in [3.8, 4) is 0 Å². The van der Waals surface area contributed by atoms with Crippen LogP contribution in [0, 0.1) is 0 Å². The molecule has 0 heterocycles. The molecule has 7 heteroatoms. The normalized spacial score (nSPS) is 16.9. The minimum absolute atomic E-state index is 0.102. The van der Waals surface area contributed by atoms with E-state index in [2.05, 4.69) is 4.74 Å². The first-order valence-corrected chi connectivity index (χ1v) is 6.40. The van der Waals surface area contributed by atoms with E-state index in [1.165, 1.54) is 6.92 Å². The van der Waals surface area contributed by atoms with Crippen LogP contribution in [0.25, 0.3) is 0 Å². The second kappa shape index (κ2) is 5.27. The van der Waals surface area contributed by atoms with Crippen LogP contribution in [0.2, 0.25) is 0 Å². The first-order chi connectivity index (χ1) is 9.74. The highest BCUT2D eigenvalue weighted by atomic mass is 19.4. The van der Waals surface area contributed by atoms with Gasteiger partial charge in [0, 0.05) is 5.56 Å². The molecule has 1 aromatic rings. The number of carbonyl (C=O) groups excluding carboxylic acids is 1. The van der Waals surface area contributed by atoms with Crippen LogP contribution in [0.4, 0.5) is 22.0 Å². The molecular formula is C14H13F5O2. The molecule has 0 spiro atoms. The SMILES string of the molecule is CCOC(=O)c1c(C(F)F)cccc1C1(C(F)(F)F)CC1. The van der Waals surface area contributed by atoms with E-state index in [1.807, 2.05) is 0 Å². The van der Waals surface area contributed by atoms with Gasteiger partial charge in [0.15, 0.2) is 0 Å². The Hall–Kier alpha value is -1.66. The summed E-state index contributed by atoms with van der Waals surface area (Å²) in [7, 11) is 0. The van der Waals surface area contributed by atoms with Gasteiger partial charge in [-0.15, -0.1) is 0 Å². The van der Waals surface area contributed by atoms with Crippen LogP contribution in [0.15, 0.2) is 18.2 Å². The van der Waals surface area contributed by atoms with Crippen LogP contribution in [0.1, 0.15) is 47.7 Å². The van der Waals surface area contributed by atoms with Crippen molar-refractivity contribution in [1.29, 1.82) is 0 Å². The molecule has 0 N–H and O–H groups in total. The zero-order valence-corrected chi connectivity index (χ0v) is 11.1. The molecule has 0 unspecified atom stereocenters. The number of alkyl halides is 5. The maximum absolute atomic E-state index is 13.2. The number of carbonyl (C=O) groups is 1. The molecule has 2 nitrogen and oxygen atoms in total. The van der Waals surface area contributed by atoms with E-state index in [0.29, 0.717) is 0 Å². The van der Waals surface area contributed by atoms with Crippen molar-refractivity contribution < 1.29 is 31.5 Å². The first kappa shape index (κ1) is 15.7. The van der Waals surface area contributed by atoms with Crippen molar-refractivity contribution in [2.75, 3.05) is 6.61 Å². The van der Waals surface area contributed by atoms with Crippen molar-refractivity contribution in [2.24, 2.45) is 0 Å². The first-order valence-electron chi connectivity index (χ1n) is 6.40. The Bertz CT molecular complexity index is 547. The summed E-state index contributed by atoms with van der Waals surface area (Å²) in [6.45, 7) is 1.36. The lowest BCUT2D eigenvalue weighted by Gasteiger charge is -2.23. The van der Waals surface area contributed by atoms with Crippen molar-refractivity contribution in [2.45, 2.75) is 37.8 Å². The lowest BCUT2D eigenvalue weighted by molar-refractivity contribution is -0.160. The van der Waals surface area contributed by atoms with E-state index < -0.39 is 40.7 Å². The number of esters is 1. The topological polar surface area (TPSA) is 26.3 Å². The number of halogens is 5. The molecule has 1 aliphatic carbocycles. The average Bonchev–Trinajstić information content (AvgIpc) is 3.18. The lowest BCUT2D eigenvalue weighted by atomic mass is 9.88. The highest BCUT2D eigenvalue weighted by Crippen LogP contribution is 2.60. The molecule has 0 radical (unpaired) electrons. The summed E-state index contributed by atoms with van der Waals surface area (Å²) in [6, 6.07) is 3.15. The third-order valence-corrected chi connectivity index (χ3v) is 3.62. The van der Waals surface area contributed by atoms with Gasteiger partial charge in [0.05, 0.1) is 17.6 Å². The van der Waals surface area contributed by atoms with Gasteiger partial charge in [-0.05, 0) is 25.3 Å². The summed E-state index contributed by atoms with van der Waals surface area (Å²) in [4.78, 5) is 11.9.